The average Bonchev–Trinajstić information content (AvgIpc) is 2.73. The van der Waals surface area contributed by atoms with E-state index in [1.54, 1.807) is 18.8 Å². The molecular weight excluding hydrogens is 376 g/mol. The number of fused-ring (bicyclic) bond motifs is 1. The van der Waals surface area contributed by atoms with Crippen molar-refractivity contribution in [2.24, 2.45) is 0 Å². The Morgan fingerprint density at radius 1 is 1.36 bits per heavy atom. The van der Waals surface area contributed by atoms with Crippen molar-refractivity contribution in [3.63, 3.8) is 0 Å². The average molecular weight is 390 g/mol. The maximum absolute atomic E-state index is 12.3. The molecule has 0 spiro atoms. The Labute approximate surface area is 144 Å². The summed E-state index contributed by atoms with van der Waals surface area (Å²) < 4.78 is 26.0. The summed E-state index contributed by atoms with van der Waals surface area (Å²) in [5.74, 6) is -1.85. The van der Waals surface area contributed by atoms with Crippen molar-refractivity contribution in [2.75, 3.05) is 0 Å². The molecule has 2 fully saturated rings. The third-order valence-corrected chi connectivity index (χ3v) is 7.05. The smallest absolute Gasteiger partial charge is 0.327 e. The number of rotatable bonds is 4. The van der Waals surface area contributed by atoms with Crippen LogP contribution in [0.4, 0.5) is 0 Å². The number of aliphatic carboxylic acids is 1. The van der Waals surface area contributed by atoms with Crippen molar-refractivity contribution in [3.05, 3.63) is 27.0 Å². The van der Waals surface area contributed by atoms with E-state index in [1.165, 1.54) is 0 Å². The molecule has 13 heteroatoms. The van der Waals surface area contributed by atoms with Gasteiger partial charge < -0.3 is 15.0 Å². The minimum absolute atomic E-state index is 0.681. The molecule has 1 aromatic heterocycles. The predicted octanol–water partition coefficient (Wildman–Crippen LogP) is -2.14. The van der Waals surface area contributed by atoms with Gasteiger partial charge >= 0.3 is 11.7 Å². The van der Waals surface area contributed by atoms with Gasteiger partial charge in [0, 0.05) is 10.9 Å². The number of carbonyl (C=O) groups is 2. The molecule has 1 unspecified atom stereocenters. The summed E-state index contributed by atoms with van der Waals surface area (Å²) in [4.78, 5) is 50.5. The molecule has 0 bridgehead atoms. The van der Waals surface area contributed by atoms with Gasteiger partial charge in [0.1, 0.15) is 17.5 Å². The first-order valence-electron chi connectivity index (χ1n) is 7.03. The molecule has 3 heterocycles. The molecule has 2 aliphatic rings. The molecule has 0 saturated carbocycles. The number of hydrogen-bond donors (Lipinski definition) is 4. The summed E-state index contributed by atoms with van der Waals surface area (Å²) in [5, 5.41) is 8.63. The normalized spacial score (nSPS) is 27.7. The molecule has 136 valence electrons. The lowest BCUT2D eigenvalue weighted by atomic mass is 9.96. The fourth-order valence-electron chi connectivity index (χ4n) is 2.95. The van der Waals surface area contributed by atoms with Crippen molar-refractivity contribution < 1.29 is 23.1 Å². The molecule has 25 heavy (non-hydrogen) atoms. The minimum Gasteiger partial charge on any atom is -0.480 e. The van der Waals surface area contributed by atoms with Crippen LogP contribution in [0.15, 0.2) is 20.7 Å². The number of carboxylic acids is 1. The van der Waals surface area contributed by atoms with Gasteiger partial charge in [0.05, 0.1) is 0 Å². The van der Waals surface area contributed by atoms with E-state index in [2.05, 4.69) is 4.72 Å². The first-order valence-corrected chi connectivity index (χ1v) is 9.39. The quantitative estimate of drug-likeness (QED) is 0.422. The van der Waals surface area contributed by atoms with E-state index in [0.29, 0.717) is 0 Å². The highest BCUT2D eigenvalue weighted by Gasteiger charge is 2.64. The summed E-state index contributed by atoms with van der Waals surface area (Å²) in [6, 6.07) is -2.27. The second kappa shape index (κ2) is 5.44. The lowest BCUT2D eigenvalue weighted by molar-refractivity contribution is -0.159. The van der Waals surface area contributed by atoms with E-state index in [0.717, 1.165) is 22.9 Å². The number of thioether (sulfide) groups is 1. The third kappa shape index (κ3) is 2.67. The summed E-state index contributed by atoms with van der Waals surface area (Å²) in [5.41, 5.74) is -1.99. The lowest BCUT2D eigenvalue weighted by Gasteiger charge is -2.43. The van der Waals surface area contributed by atoms with Crippen LogP contribution in [0.1, 0.15) is 13.8 Å². The SMILES string of the molecule is CC1(C)S[C@@H]2[C@H](NS(=O)(=O)c3c[nH]c(=O)[nH]c3=O)C(=O)N2C1C(=O)O. The van der Waals surface area contributed by atoms with Crippen LogP contribution in [0, 0.1) is 0 Å². The summed E-state index contributed by atoms with van der Waals surface area (Å²) in [7, 11) is -4.39. The fraction of sp³-hybridized carbons (Fsp3) is 0.500. The van der Waals surface area contributed by atoms with Crippen molar-refractivity contribution in [2.45, 2.75) is 40.9 Å². The van der Waals surface area contributed by atoms with Crippen LogP contribution >= 0.6 is 11.8 Å². The van der Waals surface area contributed by atoms with Crippen LogP contribution in [0.2, 0.25) is 0 Å². The van der Waals surface area contributed by atoms with Crippen LogP contribution in [0.5, 0.6) is 0 Å². The van der Waals surface area contributed by atoms with Crippen LogP contribution in [0.3, 0.4) is 0 Å². The van der Waals surface area contributed by atoms with Crippen molar-refractivity contribution in [1.82, 2.24) is 19.6 Å². The van der Waals surface area contributed by atoms with E-state index >= 15 is 0 Å². The van der Waals surface area contributed by atoms with Crippen LogP contribution in [-0.4, -0.2) is 62.5 Å². The highest BCUT2D eigenvalue weighted by atomic mass is 32.2. The Balaban J connectivity index is 1.88. The Morgan fingerprint density at radius 3 is 2.56 bits per heavy atom. The zero-order chi connectivity index (χ0) is 18.7. The second-order valence-corrected chi connectivity index (χ2v) is 9.59. The van der Waals surface area contributed by atoms with Crippen LogP contribution < -0.4 is 16.0 Å². The highest BCUT2D eigenvalue weighted by Crippen LogP contribution is 2.50. The molecule has 0 radical (unpaired) electrons. The van der Waals surface area contributed by atoms with Crippen molar-refractivity contribution >= 4 is 33.7 Å². The maximum atomic E-state index is 12.3. The summed E-state index contributed by atoms with van der Waals surface area (Å²) >= 11 is 1.16. The number of H-pyrrole nitrogens is 2. The molecule has 1 aromatic rings. The van der Waals surface area contributed by atoms with Crippen molar-refractivity contribution in [1.29, 1.82) is 0 Å². The van der Waals surface area contributed by atoms with E-state index in [-0.39, 0.29) is 0 Å². The number of carboxylic acid groups (broad SMARTS) is 1. The number of hydrogen-bond acceptors (Lipinski definition) is 7. The standard InChI is InChI=1S/C12H14N4O7S2/c1-12(2)6(10(19)20)16-8(18)5(9(16)24-12)15-25(22,23)4-3-13-11(21)14-7(4)17/h3,5-6,9,15H,1-2H3,(H,19,20)(H2,13,14,17,21)/t5-,6?,9-/m1/s1. The molecule has 11 nitrogen and oxygen atoms in total. The Morgan fingerprint density at radius 2 is 2.00 bits per heavy atom. The molecule has 4 N–H and O–H groups in total. The number of carbonyl (C=O) groups excluding carboxylic acids is 1. The van der Waals surface area contributed by atoms with Gasteiger partial charge in [-0.15, -0.1) is 11.8 Å². The van der Waals surface area contributed by atoms with Gasteiger partial charge in [-0.05, 0) is 13.8 Å². The summed E-state index contributed by atoms with van der Waals surface area (Å²) in [6.45, 7) is 3.31. The van der Waals surface area contributed by atoms with Gasteiger partial charge in [0.25, 0.3) is 5.56 Å². The zero-order valence-electron chi connectivity index (χ0n) is 13.0. The topological polar surface area (TPSA) is 169 Å². The predicted molar refractivity (Wildman–Crippen MR) is 85.5 cm³/mol. The van der Waals surface area contributed by atoms with Crippen LogP contribution in [0.25, 0.3) is 0 Å². The lowest BCUT2D eigenvalue weighted by Crippen LogP contribution is -2.70. The van der Waals surface area contributed by atoms with E-state index < -0.39 is 60.2 Å². The van der Waals surface area contributed by atoms with E-state index in [1.807, 2.05) is 4.98 Å². The second-order valence-electron chi connectivity index (χ2n) is 6.13. The van der Waals surface area contributed by atoms with Gasteiger partial charge in [0.2, 0.25) is 15.9 Å². The first-order chi connectivity index (χ1) is 11.5. The number of nitrogens with zero attached hydrogens (tertiary/aromatic N) is 1. The molecule has 3 atom stereocenters. The molecule has 0 aliphatic carbocycles. The Bertz CT molecular complexity index is 980. The number of β-lactam (4-membered cyclic amide) rings is 1. The van der Waals surface area contributed by atoms with Gasteiger partial charge in [-0.2, -0.15) is 4.72 Å². The summed E-state index contributed by atoms with van der Waals surface area (Å²) in [6.07, 6.45) is 0.732. The largest absolute Gasteiger partial charge is 0.480 e. The first kappa shape index (κ1) is 17.7. The fourth-order valence-corrected chi connectivity index (χ4v) is 5.86. The number of nitrogens with one attached hydrogen (secondary N) is 3. The van der Waals surface area contributed by atoms with E-state index in [4.69, 9.17) is 0 Å². The Hall–Kier alpha value is -2.12. The molecule has 2 saturated heterocycles. The maximum Gasteiger partial charge on any atom is 0.327 e. The van der Waals surface area contributed by atoms with Crippen LogP contribution in [-0.2, 0) is 19.6 Å². The molecule has 3 rings (SSSR count). The van der Waals surface area contributed by atoms with Gasteiger partial charge in [-0.1, -0.05) is 0 Å². The number of aromatic nitrogens is 2. The van der Waals surface area contributed by atoms with Crippen molar-refractivity contribution in [3.8, 4) is 0 Å². The minimum atomic E-state index is -4.39. The molecule has 0 aromatic carbocycles. The monoisotopic (exact) mass is 390 g/mol. The van der Waals surface area contributed by atoms with Gasteiger partial charge in [-0.25, -0.2) is 18.0 Å². The number of sulfonamides is 1. The van der Waals surface area contributed by atoms with Gasteiger partial charge in [0.15, 0.2) is 4.90 Å². The zero-order valence-corrected chi connectivity index (χ0v) is 14.6. The Kier molecular flexibility index (Phi) is 3.85. The molecular formula is C12H14N4O7S2. The van der Waals surface area contributed by atoms with E-state index in [9.17, 15) is 32.7 Å². The third-order valence-electron chi connectivity index (χ3n) is 4.03. The molecule has 2 aliphatic heterocycles. The number of amides is 1. The highest BCUT2D eigenvalue weighted by molar-refractivity contribution is 8.01. The molecule has 1 amide bonds. The van der Waals surface area contributed by atoms with Gasteiger partial charge in [-0.3, -0.25) is 14.6 Å². The number of aromatic amines is 2.